The smallest absolute Gasteiger partial charge is 0.277 e. The molecule has 0 fully saturated rings. The highest BCUT2D eigenvalue weighted by Gasteiger charge is 2.31. The van der Waals surface area contributed by atoms with Gasteiger partial charge < -0.3 is 9.67 Å². The Bertz CT molecular complexity index is 755. The first kappa shape index (κ1) is 16.4. The minimum atomic E-state index is -0.495. The van der Waals surface area contributed by atoms with Crippen molar-refractivity contribution in [3.05, 3.63) is 47.5 Å². The second-order valence-electron chi connectivity index (χ2n) is 5.89. The first-order valence-corrected chi connectivity index (χ1v) is 7.82. The van der Waals surface area contributed by atoms with E-state index in [0.717, 1.165) is 11.4 Å². The third kappa shape index (κ3) is 3.08. The molecular formula is C17H19N3O4. The van der Waals surface area contributed by atoms with Gasteiger partial charge in [0, 0.05) is 24.5 Å². The van der Waals surface area contributed by atoms with E-state index in [4.69, 9.17) is 9.94 Å². The van der Waals surface area contributed by atoms with Gasteiger partial charge in [-0.1, -0.05) is 6.92 Å². The van der Waals surface area contributed by atoms with Gasteiger partial charge in [0.15, 0.2) is 5.78 Å². The second-order valence-corrected chi connectivity index (χ2v) is 5.89. The zero-order chi connectivity index (χ0) is 17.1. The number of amides is 1. The average Bonchev–Trinajstić information content (AvgIpc) is 2.95. The monoisotopic (exact) mass is 329 g/mol. The Morgan fingerprint density at radius 1 is 1.50 bits per heavy atom. The number of rotatable bonds is 5. The summed E-state index contributed by atoms with van der Waals surface area (Å²) in [7, 11) is 0. The van der Waals surface area contributed by atoms with Gasteiger partial charge in [-0.3, -0.25) is 19.4 Å². The van der Waals surface area contributed by atoms with Crippen LogP contribution in [0.25, 0.3) is 5.69 Å². The Morgan fingerprint density at radius 3 is 3.04 bits per heavy atom. The number of carbonyl (C=O) groups is 2. The molecule has 0 radical (unpaired) electrons. The lowest BCUT2D eigenvalue weighted by atomic mass is 9.86. The van der Waals surface area contributed by atoms with Crippen LogP contribution in [-0.4, -0.2) is 39.6 Å². The summed E-state index contributed by atoms with van der Waals surface area (Å²) in [5.74, 6) is -0.319. The van der Waals surface area contributed by atoms with E-state index in [1.54, 1.807) is 24.7 Å². The molecule has 1 amide bonds. The summed E-state index contributed by atoms with van der Waals surface area (Å²) in [4.78, 5) is 33.9. The summed E-state index contributed by atoms with van der Waals surface area (Å²) in [5, 5.41) is 8.72. The maximum atomic E-state index is 12.5. The van der Waals surface area contributed by atoms with Crippen molar-refractivity contribution in [3.63, 3.8) is 0 Å². The third-order valence-corrected chi connectivity index (χ3v) is 3.99. The number of nitrogens with one attached hydrogen (secondary N) is 1. The van der Waals surface area contributed by atoms with Crippen molar-refractivity contribution >= 4 is 11.7 Å². The van der Waals surface area contributed by atoms with Crippen LogP contribution in [0, 0.1) is 5.92 Å². The Morgan fingerprint density at radius 2 is 2.33 bits per heavy atom. The molecule has 0 saturated heterocycles. The predicted octanol–water partition coefficient (Wildman–Crippen LogP) is 1.29. The van der Waals surface area contributed by atoms with Gasteiger partial charge in [-0.25, -0.2) is 5.48 Å². The van der Waals surface area contributed by atoms with Crippen LogP contribution in [0.4, 0.5) is 0 Å². The summed E-state index contributed by atoms with van der Waals surface area (Å²) in [5.41, 5.74) is 4.61. The highest BCUT2D eigenvalue weighted by Crippen LogP contribution is 2.31. The van der Waals surface area contributed by atoms with Gasteiger partial charge in [-0.15, -0.1) is 0 Å². The van der Waals surface area contributed by atoms with Gasteiger partial charge in [-0.05, 0) is 24.5 Å². The number of nitrogens with zero attached hydrogens (tertiary/aromatic N) is 2. The van der Waals surface area contributed by atoms with Crippen LogP contribution in [0.15, 0.2) is 30.7 Å². The Labute approximate surface area is 139 Å². The minimum Gasteiger partial charge on any atom is -0.394 e. The van der Waals surface area contributed by atoms with Crippen molar-refractivity contribution in [1.29, 1.82) is 0 Å². The van der Waals surface area contributed by atoms with Gasteiger partial charge in [-0.2, -0.15) is 0 Å². The summed E-state index contributed by atoms with van der Waals surface area (Å²) in [6.45, 7) is 1.80. The standard InChI is InChI=1S/C17H19N3O4/c1-11-7-14-16(15(22)8-11)13(17(23)19-24-6-5-21)10-20(14)12-3-2-4-18-9-12/h2-4,9-11,21H,5-8H2,1H3,(H,19,23). The molecule has 0 spiro atoms. The van der Waals surface area contributed by atoms with Gasteiger partial charge in [0.1, 0.15) is 0 Å². The van der Waals surface area contributed by atoms with Gasteiger partial charge >= 0.3 is 0 Å². The third-order valence-electron chi connectivity index (χ3n) is 3.99. The highest BCUT2D eigenvalue weighted by molar-refractivity contribution is 6.09. The predicted molar refractivity (Wildman–Crippen MR) is 85.9 cm³/mol. The Kier molecular flexibility index (Phi) is 4.73. The molecule has 0 aromatic carbocycles. The zero-order valence-electron chi connectivity index (χ0n) is 13.4. The lowest BCUT2D eigenvalue weighted by Gasteiger charge is -2.20. The SMILES string of the molecule is CC1CC(=O)c2c(C(=O)NOCCO)cn(-c3cccnc3)c2C1. The molecule has 7 nitrogen and oxygen atoms in total. The number of aliphatic hydroxyl groups is 1. The molecule has 3 rings (SSSR count). The number of Topliss-reactive ketones (excluding diaryl/α,β-unsaturated/α-hetero) is 1. The summed E-state index contributed by atoms with van der Waals surface area (Å²) in [6, 6.07) is 3.68. The molecule has 0 aliphatic heterocycles. The fourth-order valence-corrected chi connectivity index (χ4v) is 3.00. The fraction of sp³-hybridized carbons (Fsp3) is 0.353. The molecule has 2 heterocycles. The average molecular weight is 329 g/mol. The molecule has 24 heavy (non-hydrogen) atoms. The molecule has 2 N–H and O–H groups in total. The van der Waals surface area contributed by atoms with E-state index in [1.165, 1.54) is 0 Å². The number of hydroxylamine groups is 1. The van der Waals surface area contributed by atoms with E-state index in [9.17, 15) is 9.59 Å². The molecule has 126 valence electrons. The molecule has 2 aromatic heterocycles. The number of fused-ring (bicyclic) bond motifs is 1. The van der Waals surface area contributed by atoms with E-state index in [2.05, 4.69) is 10.5 Å². The lowest BCUT2D eigenvalue weighted by molar-refractivity contribution is 0.0167. The van der Waals surface area contributed by atoms with E-state index in [-0.39, 0.29) is 30.5 Å². The largest absolute Gasteiger partial charge is 0.394 e. The Balaban J connectivity index is 2.04. The van der Waals surface area contributed by atoms with Crippen molar-refractivity contribution in [1.82, 2.24) is 15.0 Å². The van der Waals surface area contributed by atoms with Crippen molar-refractivity contribution in [2.45, 2.75) is 19.8 Å². The molecule has 0 bridgehead atoms. The molecule has 1 unspecified atom stereocenters. The topological polar surface area (TPSA) is 93.5 Å². The number of ketones is 1. The summed E-state index contributed by atoms with van der Waals surface area (Å²) in [6.07, 6.45) is 6.13. The van der Waals surface area contributed by atoms with Crippen LogP contribution in [0.2, 0.25) is 0 Å². The van der Waals surface area contributed by atoms with Crippen LogP contribution >= 0.6 is 0 Å². The first-order chi connectivity index (χ1) is 11.6. The molecule has 1 aliphatic rings. The van der Waals surface area contributed by atoms with E-state index < -0.39 is 5.91 Å². The van der Waals surface area contributed by atoms with Crippen LogP contribution in [0.1, 0.15) is 39.8 Å². The van der Waals surface area contributed by atoms with Crippen LogP contribution in [-0.2, 0) is 11.3 Å². The van der Waals surface area contributed by atoms with Crippen molar-refractivity contribution in [2.75, 3.05) is 13.2 Å². The quantitative estimate of drug-likeness (QED) is 0.637. The molecule has 1 atom stereocenters. The normalized spacial score (nSPS) is 16.8. The van der Waals surface area contributed by atoms with E-state index >= 15 is 0 Å². The maximum absolute atomic E-state index is 12.5. The maximum Gasteiger partial charge on any atom is 0.277 e. The van der Waals surface area contributed by atoms with Crippen LogP contribution in [0.3, 0.4) is 0 Å². The van der Waals surface area contributed by atoms with Crippen LogP contribution in [0.5, 0.6) is 0 Å². The number of hydrogen-bond acceptors (Lipinski definition) is 5. The number of aromatic nitrogens is 2. The van der Waals surface area contributed by atoms with Gasteiger partial charge in [0.05, 0.1) is 36.2 Å². The van der Waals surface area contributed by atoms with E-state index in [1.807, 2.05) is 17.6 Å². The zero-order valence-corrected chi connectivity index (χ0v) is 13.4. The van der Waals surface area contributed by atoms with Gasteiger partial charge in [0.2, 0.25) is 0 Å². The molecule has 1 aliphatic carbocycles. The van der Waals surface area contributed by atoms with Crippen molar-refractivity contribution in [2.24, 2.45) is 5.92 Å². The Hall–Kier alpha value is -2.51. The molecular weight excluding hydrogens is 310 g/mol. The minimum absolute atomic E-state index is 0.0117. The molecule has 2 aromatic rings. The molecule has 7 heteroatoms. The summed E-state index contributed by atoms with van der Waals surface area (Å²) >= 11 is 0. The first-order valence-electron chi connectivity index (χ1n) is 7.82. The molecule has 0 saturated carbocycles. The number of pyridine rings is 1. The van der Waals surface area contributed by atoms with Gasteiger partial charge in [0.25, 0.3) is 5.91 Å². The summed E-state index contributed by atoms with van der Waals surface area (Å²) < 4.78 is 1.84. The van der Waals surface area contributed by atoms with E-state index in [0.29, 0.717) is 18.4 Å². The van der Waals surface area contributed by atoms with Crippen molar-refractivity contribution < 1.29 is 19.5 Å². The number of hydrogen-bond donors (Lipinski definition) is 2. The second kappa shape index (κ2) is 6.94. The number of aliphatic hydroxyl groups excluding tert-OH is 1. The fourth-order valence-electron chi connectivity index (χ4n) is 3.00. The van der Waals surface area contributed by atoms with Crippen LogP contribution < -0.4 is 5.48 Å². The highest BCUT2D eigenvalue weighted by atomic mass is 16.7. The lowest BCUT2D eigenvalue weighted by Crippen LogP contribution is -2.27. The number of carbonyl (C=O) groups excluding carboxylic acids is 2. The van der Waals surface area contributed by atoms with Crippen molar-refractivity contribution in [3.8, 4) is 5.69 Å².